The summed E-state index contributed by atoms with van der Waals surface area (Å²) in [7, 11) is 0. The molecule has 0 spiro atoms. The van der Waals surface area contributed by atoms with Crippen molar-refractivity contribution in [2.75, 3.05) is 6.54 Å². The van der Waals surface area contributed by atoms with Crippen molar-refractivity contribution in [2.45, 2.75) is 52.6 Å². The molecule has 0 saturated carbocycles. The van der Waals surface area contributed by atoms with Crippen LogP contribution < -0.4 is 0 Å². The maximum Gasteiger partial charge on any atom is 0.00984 e. The Morgan fingerprint density at radius 2 is 2.09 bits per heavy atom. The Kier molecular flexibility index (Phi) is 2.94. The van der Waals surface area contributed by atoms with Gasteiger partial charge in [-0.1, -0.05) is 13.8 Å². The largest absolute Gasteiger partial charge is 0.298 e. The zero-order chi connectivity index (χ0) is 8.43. The Morgan fingerprint density at radius 3 is 2.45 bits per heavy atom. The summed E-state index contributed by atoms with van der Waals surface area (Å²) in [5.41, 5.74) is 0. The lowest BCUT2D eigenvalue weighted by Gasteiger charge is -2.27. The Balaban J connectivity index is 2.50. The number of hydrogen-bond donors (Lipinski definition) is 0. The quantitative estimate of drug-likeness (QED) is 0.592. The van der Waals surface area contributed by atoms with E-state index in [1.165, 1.54) is 19.4 Å². The summed E-state index contributed by atoms with van der Waals surface area (Å²) in [6.07, 6.45) is 2.73. The molecule has 0 radical (unpaired) electrons. The lowest BCUT2D eigenvalue weighted by atomic mass is 10.1. The van der Waals surface area contributed by atoms with Gasteiger partial charge >= 0.3 is 0 Å². The molecule has 0 aromatic carbocycles. The minimum Gasteiger partial charge on any atom is -0.298 e. The molecule has 66 valence electrons. The number of hydrogen-bond acceptors (Lipinski definition) is 1. The predicted octanol–water partition coefficient (Wildman–Crippen LogP) is 2.52. The van der Waals surface area contributed by atoms with Crippen LogP contribution in [0.2, 0.25) is 0 Å². The lowest BCUT2D eigenvalue weighted by molar-refractivity contribution is 0.197. The molecule has 1 unspecified atom stereocenters. The van der Waals surface area contributed by atoms with Gasteiger partial charge in [0.15, 0.2) is 0 Å². The minimum atomic E-state index is 0.741. The molecule has 1 nitrogen and oxygen atoms in total. The first-order valence-electron chi connectivity index (χ1n) is 4.90. The van der Waals surface area contributed by atoms with Gasteiger partial charge in [0.1, 0.15) is 0 Å². The molecule has 1 heterocycles. The minimum absolute atomic E-state index is 0.741. The molecule has 1 aliphatic rings. The van der Waals surface area contributed by atoms with Crippen molar-refractivity contribution in [1.82, 2.24) is 4.90 Å². The molecule has 1 saturated heterocycles. The molecule has 1 heteroatoms. The van der Waals surface area contributed by atoms with E-state index in [4.69, 9.17) is 0 Å². The van der Waals surface area contributed by atoms with E-state index >= 15 is 0 Å². The number of likely N-dealkylation sites (tertiary alicyclic amines) is 1. The second kappa shape index (κ2) is 3.57. The SMILES string of the molecule is CCC1C[C@H](C)CN1C(C)C. The van der Waals surface area contributed by atoms with Gasteiger partial charge in [0.05, 0.1) is 0 Å². The maximum absolute atomic E-state index is 2.64. The van der Waals surface area contributed by atoms with Gasteiger partial charge in [-0.2, -0.15) is 0 Å². The van der Waals surface area contributed by atoms with Crippen LogP contribution in [-0.2, 0) is 0 Å². The van der Waals surface area contributed by atoms with E-state index in [0.29, 0.717) is 0 Å². The van der Waals surface area contributed by atoms with Gasteiger partial charge in [0.2, 0.25) is 0 Å². The van der Waals surface area contributed by atoms with Crippen LogP contribution in [0, 0.1) is 5.92 Å². The van der Waals surface area contributed by atoms with E-state index in [-0.39, 0.29) is 0 Å². The van der Waals surface area contributed by atoms with Crippen LogP contribution in [0.5, 0.6) is 0 Å². The third kappa shape index (κ3) is 1.96. The Bertz CT molecular complexity index is 120. The van der Waals surface area contributed by atoms with Crippen LogP contribution in [0.1, 0.15) is 40.5 Å². The highest BCUT2D eigenvalue weighted by atomic mass is 15.2. The molecular weight excluding hydrogens is 134 g/mol. The third-order valence-electron chi connectivity index (χ3n) is 2.80. The van der Waals surface area contributed by atoms with Crippen LogP contribution in [0.25, 0.3) is 0 Å². The molecule has 11 heavy (non-hydrogen) atoms. The van der Waals surface area contributed by atoms with Crippen LogP contribution in [0.15, 0.2) is 0 Å². The van der Waals surface area contributed by atoms with Crippen LogP contribution in [0.3, 0.4) is 0 Å². The average Bonchev–Trinajstić information content (AvgIpc) is 2.30. The second-order valence-corrected chi connectivity index (χ2v) is 4.19. The number of nitrogens with zero attached hydrogens (tertiary/aromatic N) is 1. The van der Waals surface area contributed by atoms with Gasteiger partial charge in [0.25, 0.3) is 0 Å². The Hall–Kier alpha value is -0.0400. The molecule has 0 aliphatic carbocycles. The topological polar surface area (TPSA) is 3.24 Å². The molecule has 0 N–H and O–H groups in total. The van der Waals surface area contributed by atoms with Gasteiger partial charge in [-0.3, -0.25) is 4.90 Å². The number of rotatable bonds is 2. The molecule has 0 aromatic heterocycles. The summed E-state index contributed by atoms with van der Waals surface area (Å²) in [6, 6.07) is 1.61. The van der Waals surface area contributed by atoms with E-state index < -0.39 is 0 Å². The average molecular weight is 155 g/mol. The van der Waals surface area contributed by atoms with Crippen LogP contribution >= 0.6 is 0 Å². The van der Waals surface area contributed by atoms with Crippen molar-refractivity contribution in [2.24, 2.45) is 5.92 Å². The summed E-state index contributed by atoms with van der Waals surface area (Å²) < 4.78 is 0. The smallest absolute Gasteiger partial charge is 0.00984 e. The second-order valence-electron chi connectivity index (χ2n) is 4.19. The standard InChI is InChI=1S/C10H21N/c1-5-10-6-9(4)7-11(10)8(2)3/h8-10H,5-7H2,1-4H3/t9-,10?/m0/s1. The van der Waals surface area contributed by atoms with Crippen molar-refractivity contribution >= 4 is 0 Å². The third-order valence-corrected chi connectivity index (χ3v) is 2.80. The zero-order valence-electron chi connectivity index (χ0n) is 8.30. The lowest BCUT2D eigenvalue weighted by Crippen LogP contribution is -2.35. The van der Waals surface area contributed by atoms with E-state index in [1.54, 1.807) is 0 Å². The first kappa shape index (κ1) is 9.05. The van der Waals surface area contributed by atoms with Crippen molar-refractivity contribution in [3.63, 3.8) is 0 Å². The fourth-order valence-electron chi connectivity index (χ4n) is 2.22. The van der Waals surface area contributed by atoms with Gasteiger partial charge in [-0.05, 0) is 32.6 Å². The Morgan fingerprint density at radius 1 is 1.45 bits per heavy atom. The molecule has 1 rings (SSSR count). The highest BCUT2D eigenvalue weighted by Gasteiger charge is 2.29. The zero-order valence-corrected chi connectivity index (χ0v) is 8.30. The van der Waals surface area contributed by atoms with E-state index in [0.717, 1.165) is 18.0 Å². The first-order chi connectivity index (χ1) is 5.15. The normalized spacial score (nSPS) is 33.5. The van der Waals surface area contributed by atoms with Crippen molar-refractivity contribution in [1.29, 1.82) is 0 Å². The molecule has 0 bridgehead atoms. The summed E-state index contributed by atoms with van der Waals surface area (Å²) in [5, 5.41) is 0. The summed E-state index contributed by atoms with van der Waals surface area (Å²) >= 11 is 0. The summed E-state index contributed by atoms with van der Waals surface area (Å²) in [6.45, 7) is 10.6. The molecule has 1 aliphatic heterocycles. The van der Waals surface area contributed by atoms with Gasteiger partial charge in [0, 0.05) is 18.6 Å². The van der Waals surface area contributed by atoms with Crippen LogP contribution in [0.4, 0.5) is 0 Å². The van der Waals surface area contributed by atoms with Crippen LogP contribution in [-0.4, -0.2) is 23.5 Å². The van der Waals surface area contributed by atoms with Gasteiger partial charge < -0.3 is 0 Å². The van der Waals surface area contributed by atoms with E-state index in [9.17, 15) is 0 Å². The molecule has 0 amide bonds. The highest BCUT2D eigenvalue weighted by Crippen LogP contribution is 2.26. The summed E-state index contributed by atoms with van der Waals surface area (Å²) in [5.74, 6) is 0.919. The fourth-order valence-corrected chi connectivity index (χ4v) is 2.22. The fraction of sp³-hybridized carbons (Fsp3) is 1.00. The van der Waals surface area contributed by atoms with Crippen molar-refractivity contribution in [3.05, 3.63) is 0 Å². The molecule has 0 aromatic rings. The molecule has 2 atom stereocenters. The van der Waals surface area contributed by atoms with E-state index in [2.05, 4.69) is 32.6 Å². The highest BCUT2D eigenvalue weighted by molar-refractivity contribution is 4.84. The monoisotopic (exact) mass is 155 g/mol. The van der Waals surface area contributed by atoms with E-state index in [1.807, 2.05) is 0 Å². The molecule has 1 fully saturated rings. The maximum atomic E-state index is 2.64. The Labute approximate surface area is 70.8 Å². The van der Waals surface area contributed by atoms with Crippen molar-refractivity contribution < 1.29 is 0 Å². The van der Waals surface area contributed by atoms with Gasteiger partial charge in [-0.25, -0.2) is 0 Å². The van der Waals surface area contributed by atoms with Crippen molar-refractivity contribution in [3.8, 4) is 0 Å². The van der Waals surface area contributed by atoms with Gasteiger partial charge in [-0.15, -0.1) is 0 Å². The predicted molar refractivity (Wildman–Crippen MR) is 49.7 cm³/mol. The summed E-state index contributed by atoms with van der Waals surface area (Å²) in [4.78, 5) is 2.64. The molecular formula is C10H21N. The first-order valence-corrected chi connectivity index (χ1v) is 4.90.